The highest BCUT2D eigenvalue weighted by Crippen LogP contribution is 2.36. The predicted octanol–water partition coefficient (Wildman–Crippen LogP) is 5.08. The van der Waals surface area contributed by atoms with Crippen LogP contribution in [0.2, 0.25) is 0 Å². The predicted molar refractivity (Wildman–Crippen MR) is 90.7 cm³/mol. The number of hydrogen-bond donors (Lipinski definition) is 0. The van der Waals surface area contributed by atoms with Gasteiger partial charge in [-0.3, -0.25) is 4.79 Å². The van der Waals surface area contributed by atoms with E-state index in [2.05, 4.69) is 4.98 Å². The van der Waals surface area contributed by atoms with Gasteiger partial charge in [0.15, 0.2) is 12.0 Å². The highest BCUT2D eigenvalue weighted by Gasteiger charge is 2.31. The Morgan fingerprint density at radius 2 is 2.16 bits per heavy atom. The topological polar surface area (TPSA) is 48.4 Å². The van der Waals surface area contributed by atoms with Crippen molar-refractivity contribution in [2.75, 3.05) is 6.61 Å². The first-order valence-electron chi connectivity index (χ1n) is 7.39. The van der Waals surface area contributed by atoms with Crippen LogP contribution in [-0.2, 0) is 9.53 Å². The molecular weight excluding hydrogens is 375 g/mol. The van der Waals surface area contributed by atoms with Crippen LogP contribution >= 0.6 is 23.4 Å². The summed E-state index contributed by atoms with van der Waals surface area (Å²) < 4.78 is 46.6. The summed E-state index contributed by atoms with van der Waals surface area (Å²) in [5.74, 6) is -0.672. The van der Waals surface area contributed by atoms with Crippen LogP contribution in [0, 0.1) is 6.92 Å². The Hall–Kier alpha value is -1.74. The molecule has 2 rings (SSSR count). The summed E-state index contributed by atoms with van der Waals surface area (Å²) in [6, 6.07) is 6.26. The smallest absolute Gasteiger partial charge is 0.466 e. The highest BCUT2D eigenvalue weighted by atomic mass is 32.2. The summed E-state index contributed by atoms with van der Waals surface area (Å²) >= 11 is 0.857. The Morgan fingerprint density at radius 1 is 1.40 bits per heavy atom. The fraction of sp³-hybridized carbons (Fsp3) is 0.375. The molecule has 4 nitrogen and oxygen atoms in total. The van der Waals surface area contributed by atoms with Crippen molar-refractivity contribution in [1.29, 1.82) is 0 Å². The van der Waals surface area contributed by atoms with Crippen molar-refractivity contribution in [2.24, 2.45) is 0 Å². The van der Waals surface area contributed by atoms with Gasteiger partial charge in [0.2, 0.25) is 0 Å². The number of nitrogens with zero attached hydrogens (tertiary/aromatic N) is 1. The zero-order chi connectivity index (χ0) is 18.4. The summed E-state index contributed by atoms with van der Waals surface area (Å²) in [4.78, 5) is 17.0. The van der Waals surface area contributed by atoms with Gasteiger partial charge in [0.1, 0.15) is 5.75 Å². The van der Waals surface area contributed by atoms with Crippen LogP contribution in [0.3, 0.4) is 0 Å². The molecule has 9 heteroatoms. The third kappa shape index (κ3) is 6.24. The van der Waals surface area contributed by atoms with Gasteiger partial charge >= 0.3 is 11.5 Å². The molecule has 1 unspecified atom stereocenters. The highest BCUT2D eigenvalue weighted by molar-refractivity contribution is 7.95. The number of halogens is 3. The second kappa shape index (κ2) is 8.57. The first-order valence-corrected chi connectivity index (χ1v) is 8.94. The molecule has 1 atom stereocenters. The minimum Gasteiger partial charge on any atom is -0.466 e. The van der Waals surface area contributed by atoms with Gasteiger partial charge in [-0.15, -0.1) is 11.3 Å². The van der Waals surface area contributed by atoms with E-state index in [-0.39, 0.29) is 30.7 Å². The number of carbonyl (C=O) groups is 1. The van der Waals surface area contributed by atoms with Gasteiger partial charge < -0.3 is 8.92 Å². The number of hydrogen-bond acceptors (Lipinski definition) is 6. The van der Waals surface area contributed by atoms with Gasteiger partial charge in [0.05, 0.1) is 18.0 Å². The number of alkyl halides is 3. The molecule has 0 aliphatic heterocycles. The van der Waals surface area contributed by atoms with E-state index in [4.69, 9.17) is 8.92 Å². The standard InChI is InChI=1S/C16H16F3NO3S2/c1-3-22-15(21)8-13(14-9-20-10(2)24-14)11-5-4-6-12(7-11)23-25-16(17,18)19/h4-7,9,13H,3,8H2,1-2H3. The number of thiazole rings is 1. The molecule has 0 aliphatic rings. The van der Waals surface area contributed by atoms with Gasteiger partial charge in [-0.25, -0.2) is 4.98 Å². The quantitative estimate of drug-likeness (QED) is 0.486. The largest absolute Gasteiger partial charge is 0.479 e. The van der Waals surface area contributed by atoms with Gasteiger partial charge in [0, 0.05) is 17.0 Å². The van der Waals surface area contributed by atoms with Crippen LogP contribution in [0.1, 0.15) is 34.7 Å². The molecule has 0 radical (unpaired) electrons. The van der Waals surface area contributed by atoms with Gasteiger partial charge in [-0.2, -0.15) is 13.2 Å². The van der Waals surface area contributed by atoms with E-state index < -0.39 is 17.6 Å². The van der Waals surface area contributed by atoms with Crippen LogP contribution in [0.15, 0.2) is 30.5 Å². The first-order chi connectivity index (χ1) is 11.8. The Kier molecular flexibility index (Phi) is 6.71. The second-order valence-corrected chi connectivity index (χ2v) is 7.09. The molecule has 136 valence electrons. The maximum absolute atomic E-state index is 12.3. The summed E-state index contributed by atoms with van der Waals surface area (Å²) in [6.45, 7) is 3.82. The molecule has 0 N–H and O–H groups in total. The minimum absolute atomic E-state index is 0.0647. The van der Waals surface area contributed by atoms with Crippen molar-refractivity contribution in [3.8, 4) is 5.75 Å². The maximum Gasteiger partial charge on any atom is 0.479 e. The van der Waals surface area contributed by atoms with E-state index in [1.807, 2.05) is 6.92 Å². The zero-order valence-electron chi connectivity index (χ0n) is 13.5. The maximum atomic E-state index is 12.3. The zero-order valence-corrected chi connectivity index (χ0v) is 15.1. The molecule has 1 aromatic heterocycles. The van der Waals surface area contributed by atoms with Crippen LogP contribution in [0.5, 0.6) is 5.75 Å². The normalized spacial score (nSPS) is 12.7. The Morgan fingerprint density at radius 3 is 2.76 bits per heavy atom. The van der Waals surface area contributed by atoms with Crippen molar-refractivity contribution < 1.29 is 26.9 Å². The third-order valence-electron chi connectivity index (χ3n) is 3.15. The summed E-state index contributed by atoms with van der Waals surface area (Å²) in [5.41, 5.74) is -3.83. The molecule has 0 aliphatic carbocycles. The van der Waals surface area contributed by atoms with Crippen LogP contribution in [-0.4, -0.2) is 23.1 Å². The van der Waals surface area contributed by atoms with E-state index in [1.165, 1.54) is 23.5 Å². The number of carbonyl (C=O) groups excluding carboxylic acids is 1. The van der Waals surface area contributed by atoms with E-state index in [9.17, 15) is 18.0 Å². The lowest BCUT2D eigenvalue weighted by molar-refractivity contribution is -0.143. The van der Waals surface area contributed by atoms with Crippen LogP contribution < -0.4 is 4.18 Å². The van der Waals surface area contributed by atoms with Crippen LogP contribution in [0.4, 0.5) is 13.2 Å². The molecule has 0 saturated heterocycles. The molecule has 1 heterocycles. The molecule has 0 fully saturated rings. The fourth-order valence-corrected chi connectivity index (χ4v) is 3.39. The van der Waals surface area contributed by atoms with Crippen molar-refractivity contribution >= 4 is 29.3 Å². The van der Waals surface area contributed by atoms with Crippen LogP contribution in [0.25, 0.3) is 0 Å². The van der Waals surface area contributed by atoms with Crippen molar-refractivity contribution in [2.45, 2.75) is 31.7 Å². The average Bonchev–Trinajstić information content (AvgIpc) is 2.97. The molecule has 2 aromatic rings. The Balaban J connectivity index is 2.25. The number of esters is 1. The molecule has 25 heavy (non-hydrogen) atoms. The number of aryl methyl sites for hydroxylation is 1. The summed E-state index contributed by atoms with van der Waals surface area (Å²) in [7, 11) is 0. The lowest BCUT2D eigenvalue weighted by atomic mass is 9.94. The second-order valence-electron chi connectivity index (χ2n) is 5.03. The van der Waals surface area contributed by atoms with E-state index in [0.29, 0.717) is 5.56 Å². The van der Waals surface area contributed by atoms with Crippen molar-refractivity contribution in [3.05, 3.63) is 45.9 Å². The van der Waals surface area contributed by atoms with Crippen molar-refractivity contribution in [1.82, 2.24) is 4.98 Å². The molecule has 0 amide bonds. The average molecular weight is 391 g/mol. The molecule has 0 saturated carbocycles. The third-order valence-corrected chi connectivity index (χ3v) is 4.64. The van der Waals surface area contributed by atoms with Gasteiger partial charge in [-0.1, -0.05) is 12.1 Å². The molecule has 0 spiro atoms. The number of benzene rings is 1. The lowest BCUT2D eigenvalue weighted by Crippen LogP contribution is -2.11. The van der Waals surface area contributed by atoms with E-state index >= 15 is 0 Å². The van der Waals surface area contributed by atoms with Gasteiger partial charge in [-0.05, 0) is 31.5 Å². The van der Waals surface area contributed by atoms with Crippen molar-refractivity contribution in [3.63, 3.8) is 0 Å². The van der Waals surface area contributed by atoms with E-state index in [0.717, 1.165) is 9.88 Å². The monoisotopic (exact) mass is 391 g/mol. The number of ether oxygens (including phenoxy) is 1. The fourth-order valence-electron chi connectivity index (χ4n) is 2.19. The lowest BCUT2D eigenvalue weighted by Gasteiger charge is -2.16. The first kappa shape index (κ1) is 19.6. The summed E-state index contributed by atoms with van der Waals surface area (Å²) in [6.07, 6.45) is 1.74. The Bertz CT molecular complexity index is 719. The minimum atomic E-state index is -4.49. The SMILES string of the molecule is CCOC(=O)CC(c1cccc(OSC(F)(F)F)c1)c1cnc(C)s1. The molecule has 1 aromatic carbocycles. The van der Waals surface area contributed by atoms with E-state index in [1.54, 1.807) is 25.3 Å². The molecule has 0 bridgehead atoms. The van der Waals surface area contributed by atoms with Gasteiger partial charge in [0.25, 0.3) is 0 Å². The Labute approximate surface area is 151 Å². The number of aromatic nitrogens is 1. The molecular formula is C16H16F3NO3S2. The number of rotatable bonds is 7. The summed E-state index contributed by atoms with van der Waals surface area (Å²) in [5, 5.41) is 0.837.